The van der Waals surface area contributed by atoms with Crippen LogP contribution in [0.25, 0.3) is 21.9 Å². The van der Waals surface area contributed by atoms with Crippen molar-refractivity contribution in [2.45, 2.75) is 6.54 Å². The Morgan fingerprint density at radius 2 is 1.55 bits per heavy atom. The monoisotopic (exact) mass is 394 g/mol. The fraction of sp³-hybridized carbons (Fsp3) is 0.286. The Labute approximate surface area is 166 Å². The van der Waals surface area contributed by atoms with Gasteiger partial charge in [-0.1, -0.05) is 0 Å². The van der Waals surface area contributed by atoms with Crippen LogP contribution in [0.4, 0.5) is 14.6 Å². The number of hydrogen-bond acceptors (Lipinski definition) is 5. The molecule has 2 aromatic heterocycles. The molecule has 1 fully saturated rings. The van der Waals surface area contributed by atoms with Gasteiger partial charge in [0.1, 0.15) is 23.8 Å². The zero-order valence-corrected chi connectivity index (χ0v) is 15.8. The lowest BCUT2D eigenvalue weighted by Gasteiger charge is -2.35. The van der Waals surface area contributed by atoms with Gasteiger partial charge in [-0.2, -0.15) is 0 Å². The highest BCUT2D eigenvalue weighted by atomic mass is 19.1. The van der Waals surface area contributed by atoms with Crippen molar-refractivity contribution < 1.29 is 8.78 Å². The van der Waals surface area contributed by atoms with Crippen molar-refractivity contribution in [2.24, 2.45) is 0 Å². The number of halogens is 2. The number of nitrogens with zero attached hydrogens (tertiary/aromatic N) is 6. The van der Waals surface area contributed by atoms with Gasteiger partial charge >= 0.3 is 0 Å². The van der Waals surface area contributed by atoms with Crippen LogP contribution in [0.15, 0.2) is 49.1 Å². The minimum absolute atomic E-state index is 0.265. The number of piperazine rings is 1. The highest BCUT2D eigenvalue weighted by Gasteiger charge is 2.20. The molecule has 6 nitrogen and oxygen atoms in total. The van der Waals surface area contributed by atoms with Gasteiger partial charge in [0.25, 0.3) is 0 Å². The van der Waals surface area contributed by atoms with Crippen LogP contribution in [0.3, 0.4) is 0 Å². The Bertz CT molecular complexity index is 1170. The van der Waals surface area contributed by atoms with E-state index in [1.54, 1.807) is 18.5 Å². The fourth-order valence-corrected chi connectivity index (χ4v) is 3.92. The summed E-state index contributed by atoms with van der Waals surface area (Å²) >= 11 is 0. The van der Waals surface area contributed by atoms with E-state index < -0.39 is 0 Å². The summed E-state index contributed by atoms with van der Waals surface area (Å²) in [6.07, 6.45) is 3.27. The molecule has 0 N–H and O–H groups in total. The van der Waals surface area contributed by atoms with Gasteiger partial charge in [-0.25, -0.2) is 23.7 Å². The van der Waals surface area contributed by atoms with E-state index in [1.165, 1.54) is 30.6 Å². The maximum absolute atomic E-state index is 13.5. The predicted octanol–water partition coefficient (Wildman–Crippen LogP) is 3.08. The van der Waals surface area contributed by atoms with Crippen molar-refractivity contribution in [1.29, 1.82) is 0 Å². The van der Waals surface area contributed by atoms with Gasteiger partial charge in [-0.05, 0) is 24.3 Å². The van der Waals surface area contributed by atoms with Crippen molar-refractivity contribution >= 4 is 27.8 Å². The first-order valence-corrected chi connectivity index (χ1v) is 9.65. The average molecular weight is 394 g/mol. The highest BCUT2D eigenvalue weighted by molar-refractivity contribution is 5.89. The molecular weight excluding hydrogens is 374 g/mol. The molecule has 1 saturated heterocycles. The number of anilines is 1. The quantitative estimate of drug-likeness (QED) is 0.533. The smallest absolute Gasteiger partial charge is 0.139 e. The molecule has 1 aliphatic heterocycles. The topological polar surface area (TPSA) is 50.1 Å². The lowest BCUT2D eigenvalue weighted by molar-refractivity contribution is 0.249. The average Bonchev–Trinajstić information content (AvgIpc) is 3.14. The maximum Gasteiger partial charge on any atom is 0.139 e. The van der Waals surface area contributed by atoms with Crippen LogP contribution in [-0.4, -0.2) is 57.1 Å². The molecule has 0 radical (unpaired) electrons. The second-order valence-electron chi connectivity index (χ2n) is 7.26. The van der Waals surface area contributed by atoms with E-state index in [-0.39, 0.29) is 11.6 Å². The van der Waals surface area contributed by atoms with Crippen LogP contribution in [0.1, 0.15) is 0 Å². The molecule has 0 saturated carbocycles. The van der Waals surface area contributed by atoms with Crippen LogP contribution in [-0.2, 0) is 6.54 Å². The third-order valence-corrected chi connectivity index (χ3v) is 5.49. The van der Waals surface area contributed by atoms with Crippen molar-refractivity contribution in [3.8, 4) is 0 Å². The first-order chi connectivity index (χ1) is 14.2. The van der Waals surface area contributed by atoms with Gasteiger partial charge in [0, 0.05) is 56.8 Å². The first-order valence-electron chi connectivity index (χ1n) is 9.65. The van der Waals surface area contributed by atoms with E-state index >= 15 is 0 Å². The molecule has 0 amide bonds. The third kappa shape index (κ3) is 3.51. The van der Waals surface area contributed by atoms with E-state index in [4.69, 9.17) is 0 Å². The molecule has 0 bridgehead atoms. The van der Waals surface area contributed by atoms with Gasteiger partial charge in [0.15, 0.2) is 0 Å². The summed E-state index contributed by atoms with van der Waals surface area (Å²) in [6, 6.07) is 9.35. The Hall–Kier alpha value is -3.13. The van der Waals surface area contributed by atoms with E-state index in [2.05, 4.69) is 29.3 Å². The number of rotatable bonds is 4. The van der Waals surface area contributed by atoms with Crippen LogP contribution in [0.2, 0.25) is 0 Å². The number of imidazole rings is 1. The predicted molar refractivity (Wildman–Crippen MR) is 108 cm³/mol. The van der Waals surface area contributed by atoms with Crippen molar-refractivity contribution in [3.63, 3.8) is 0 Å². The van der Waals surface area contributed by atoms with Crippen LogP contribution >= 0.6 is 0 Å². The molecule has 4 aromatic rings. The SMILES string of the molecule is Fc1ccc2c(N3CCN(CCn4cnc5cc(F)ccc54)CC3)ncnc2c1. The molecular formula is C21H20F2N6. The number of benzene rings is 2. The van der Waals surface area contributed by atoms with E-state index in [0.717, 1.165) is 56.0 Å². The Morgan fingerprint density at radius 1 is 0.793 bits per heavy atom. The van der Waals surface area contributed by atoms with E-state index in [1.807, 2.05) is 0 Å². The molecule has 5 rings (SSSR count). The number of fused-ring (bicyclic) bond motifs is 2. The van der Waals surface area contributed by atoms with Crippen LogP contribution < -0.4 is 4.90 Å². The number of aromatic nitrogens is 4. The summed E-state index contributed by atoms with van der Waals surface area (Å²) in [5.74, 6) is 0.304. The molecule has 2 aromatic carbocycles. The minimum atomic E-state index is -0.290. The van der Waals surface area contributed by atoms with Gasteiger partial charge in [-0.15, -0.1) is 0 Å². The number of hydrogen-bond donors (Lipinski definition) is 0. The highest BCUT2D eigenvalue weighted by Crippen LogP contribution is 2.24. The Balaban J connectivity index is 1.24. The van der Waals surface area contributed by atoms with Crippen molar-refractivity contribution in [2.75, 3.05) is 37.6 Å². The lowest BCUT2D eigenvalue weighted by atomic mass is 10.2. The molecule has 8 heteroatoms. The molecule has 148 valence electrons. The molecule has 0 aliphatic carbocycles. The van der Waals surface area contributed by atoms with Crippen molar-refractivity contribution in [3.05, 3.63) is 60.7 Å². The second kappa shape index (κ2) is 7.36. The lowest BCUT2D eigenvalue weighted by Crippen LogP contribution is -2.47. The Kier molecular flexibility index (Phi) is 4.55. The molecule has 3 heterocycles. The summed E-state index contributed by atoms with van der Waals surface area (Å²) in [5, 5.41) is 0.875. The first kappa shape index (κ1) is 17.9. The van der Waals surface area contributed by atoms with E-state index in [0.29, 0.717) is 11.0 Å². The largest absolute Gasteiger partial charge is 0.353 e. The van der Waals surface area contributed by atoms with Gasteiger partial charge in [0.05, 0.1) is 22.9 Å². The maximum atomic E-state index is 13.5. The van der Waals surface area contributed by atoms with Crippen molar-refractivity contribution in [1.82, 2.24) is 24.4 Å². The molecule has 0 spiro atoms. The van der Waals surface area contributed by atoms with Crippen LogP contribution in [0, 0.1) is 11.6 Å². The normalized spacial score (nSPS) is 15.4. The molecule has 29 heavy (non-hydrogen) atoms. The zero-order chi connectivity index (χ0) is 19.8. The Morgan fingerprint density at radius 3 is 2.38 bits per heavy atom. The summed E-state index contributed by atoms with van der Waals surface area (Å²) in [6.45, 7) is 5.21. The summed E-state index contributed by atoms with van der Waals surface area (Å²) in [5.41, 5.74) is 2.26. The van der Waals surface area contributed by atoms with Gasteiger partial charge in [-0.3, -0.25) is 4.90 Å². The summed E-state index contributed by atoms with van der Waals surface area (Å²) in [7, 11) is 0. The minimum Gasteiger partial charge on any atom is -0.353 e. The standard InChI is InChI=1S/C21H20F2N6/c22-15-1-3-17-18(11-15)24-13-25-21(17)28-8-5-27(6-9-28)7-10-29-14-26-19-12-16(23)2-4-20(19)29/h1-4,11-14H,5-10H2. The molecule has 1 aliphatic rings. The van der Waals surface area contributed by atoms with Gasteiger partial charge < -0.3 is 9.47 Å². The fourth-order valence-electron chi connectivity index (χ4n) is 3.92. The third-order valence-electron chi connectivity index (χ3n) is 5.49. The van der Waals surface area contributed by atoms with Crippen LogP contribution in [0.5, 0.6) is 0 Å². The van der Waals surface area contributed by atoms with E-state index in [9.17, 15) is 8.78 Å². The summed E-state index contributed by atoms with van der Waals surface area (Å²) in [4.78, 5) is 17.5. The zero-order valence-electron chi connectivity index (χ0n) is 15.8. The molecule has 0 unspecified atom stereocenters. The van der Waals surface area contributed by atoms with Gasteiger partial charge in [0.2, 0.25) is 0 Å². The molecule has 0 atom stereocenters. The summed E-state index contributed by atoms with van der Waals surface area (Å²) < 4.78 is 28.9. The second-order valence-corrected chi connectivity index (χ2v) is 7.26.